The first-order valence-corrected chi connectivity index (χ1v) is 4.43. The van der Waals surface area contributed by atoms with Crippen LogP contribution in [0, 0.1) is 0 Å². The fraction of sp³-hybridized carbons (Fsp3) is 0.750. The summed E-state index contributed by atoms with van der Waals surface area (Å²) in [6, 6.07) is 0. The first kappa shape index (κ1) is 7.58. The third kappa shape index (κ3) is 0.983. The Bertz CT molecular complexity index is 248. The van der Waals surface area contributed by atoms with E-state index >= 15 is 0 Å². The standard InChI is InChI=1S/C8H14N4/c9-6-8(12-7(10)11-6)4-2-1-3-5-8/h1-5H2,(H4,9,10,11,12). The molecular formula is C8H14N4. The quantitative estimate of drug-likeness (QED) is 0.545. The molecule has 0 aromatic carbocycles. The maximum Gasteiger partial charge on any atom is 0.218 e. The molecule has 4 N–H and O–H groups in total. The van der Waals surface area contributed by atoms with Crippen molar-refractivity contribution < 1.29 is 0 Å². The van der Waals surface area contributed by atoms with Gasteiger partial charge in [-0.2, -0.15) is 4.99 Å². The Morgan fingerprint density at radius 3 is 2.25 bits per heavy atom. The Hall–Kier alpha value is -1.06. The normalized spacial score (nSPS) is 27.0. The van der Waals surface area contributed by atoms with E-state index in [4.69, 9.17) is 11.5 Å². The number of nitrogens with zero attached hydrogens (tertiary/aromatic N) is 2. The topological polar surface area (TPSA) is 76.8 Å². The molecule has 1 spiro atoms. The maximum absolute atomic E-state index is 5.79. The van der Waals surface area contributed by atoms with Gasteiger partial charge in [-0.05, 0) is 12.8 Å². The van der Waals surface area contributed by atoms with Crippen LogP contribution in [0.3, 0.4) is 0 Å². The molecule has 4 heteroatoms. The van der Waals surface area contributed by atoms with Crippen LogP contribution >= 0.6 is 0 Å². The molecular weight excluding hydrogens is 152 g/mol. The number of nitrogens with two attached hydrogens (primary N) is 2. The third-order valence-electron chi connectivity index (χ3n) is 2.72. The van der Waals surface area contributed by atoms with Gasteiger partial charge in [0, 0.05) is 0 Å². The van der Waals surface area contributed by atoms with Crippen LogP contribution in [0.25, 0.3) is 0 Å². The molecule has 0 atom stereocenters. The molecule has 0 aromatic rings. The van der Waals surface area contributed by atoms with E-state index in [1.165, 1.54) is 19.3 Å². The SMILES string of the molecule is NC1=NC2(CCCCC2)C(N)=N1. The molecule has 1 aliphatic heterocycles. The fourth-order valence-electron chi connectivity index (χ4n) is 2.03. The molecule has 1 heterocycles. The van der Waals surface area contributed by atoms with Crippen LogP contribution in [0.4, 0.5) is 0 Å². The highest BCUT2D eigenvalue weighted by Crippen LogP contribution is 2.33. The predicted molar refractivity (Wildman–Crippen MR) is 49.1 cm³/mol. The zero-order chi connectivity index (χ0) is 8.60. The Kier molecular flexibility index (Phi) is 1.56. The van der Waals surface area contributed by atoms with Crippen molar-refractivity contribution >= 4 is 11.8 Å². The maximum atomic E-state index is 5.79. The van der Waals surface area contributed by atoms with Crippen LogP contribution < -0.4 is 11.5 Å². The smallest absolute Gasteiger partial charge is 0.218 e. The molecule has 4 nitrogen and oxygen atoms in total. The highest BCUT2D eigenvalue weighted by molar-refractivity contribution is 6.05. The van der Waals surface area contributed by atoms with Crippen LogP contribution in [0.5, 0.6) is 0 Å². The molecule has 0 aromatic heterocycles. The molecule has 66 valence electrons. The molecule has 0 saturated heterocycles. The highest BCUT2D eigenvalue weighted by atomic mass is 15.2. The van der Waals surface area contributed by atoms with Gasteiger partial charge in [0.1, 0.15) is 11.4 Å². The summed E-state index contributed by atoms with van der Waals surface area (Å²) in [6.07, 6.45) is 5.69. The van der Waals surface area contributed by atoms with Crippen LogP contribution in [0.15, 0.2) is 9.98 Å². The molecule has 0 amide bonds. The van der Waals surface area contributed by atoms with Crippen LogP contribution in [-0.2, 0) is 0 Å². The van der Waals surface area contributed by atoms with Crippen molar-refractivity contribution in [1.29, 1.82) is 0 Å². The van der Waals surface area contributed by atoms with E-state index in [1.54, 1.807) is 0 Å². The second-order valence-corrected chi connectivity index (χ2v) is 3.56. The van der Waals surface area contributed by atoms with Gasteiger partial charge in [-0.1, -0.05) is 19.3 Å². The van der Waals surface area contributed by atoms with Gasteiger partial charge in [0.15, 0.2) is 0 Å². The Balaban J connectivity index is 2.26. The van der Waals surface area contributed by atoms with Crippen LogP contribution in [-0.4, -0.2) is 17.3 Å². The lowest BCUT2D eigenvalue weighted by atomic mass is 9.82. The minimum Gasteiger partial charge on any atom is -0.385 e. The molecule has 1 fully saturated rings. The molecule has 0 unspecified atom stereocenters. The second-order valence-electron chi connectivity index (χ2n) is 3.56. The molecule has 12 heavy (non-hydrogen) atoms. The van der Waals surface area contributed by atoms with E-state index in [0.717, 1.165) is 12.8 Å². The van der Waals surface area contributed by atoms with Crippen molar-refractivity contribution in [2.75, 3.05) is 0 Å². The predicted octanol–water partition coefficient (Wildman–Crippen LogP) is 0.375. The van der Waals surface area contributed by atoms with Gasteiger partial charge in [0.2, 0.25) is 5.96 Å². The first-order valence-electron chi connectivity index (χ1n) is 4.43. The van der Waals surface area contributed by atoms with Gasteiger partial charge in [0.25, 0.3) is 0 Å². The van der Waals surface area contributed by atoms with Crippen molar-refractivity contribution in [2.45, 2.75) is 37.6 Å². The van der Waals surface area contributed by atoms with Gasteiger partial charge in [-0.25, -0.2) is 4.99 Å². The lowest BCUT2D eigenvalue weighted by Gasteiger charge is -2.29. The van der Waals surface area contributed by atoms with Crippen LogP contribution in [0.1, 0.15) is 32.1 Å². The largest absolute Gasteiger partial charge is 0.385 e. The number of guanidine groups is 1. The van der Waals surface area contributed by atoms with E-state index in [9.17, 15) is 0 Å². The summed E-state index contributed by atoms with van der Waals surface area (Å²) in [5.74, 6) is 0.981. The fourth-order valence-corrected chi connectivity index (χ4v) is 2.03. The minimum absolute atomic E-state index is 0.206. The lowest BCUT2D eigenvalue weighted by molar-refractivity contribution is 0.385. The summed E-state index contributed by atoms with van der Waals surface area (Å²) in [4.78, 5) is 8.31. The molecule has 0 radical (unpaired) electrons. The van der Waals surface area contributed by atoms with E-state index in [0.29, 0.717) is 11.8 Å². The van der Waals surface area contributed by atoms with Crippen molar-refractivity contribution in [2.24, 2.45) is 21.5 Å². The van der Waals surface area contributed by atoms with Gasteiger partial charge in [-0.15, -0.1) is 0 Å². The minimum atomic E-state index is -0.206. The molecule has 2 aliphatic rings. The van der Waals surface area contributed by atoms with Gasteiger partial charge in [0.05, 0.1) is 0 Å². The van der Waals surface area contributed by atoms with E-state index in [-0.39, 0.29) is 5.54 Å². The van der Waals surface area contributed by atoms with Crippen molar-refractivity contribution in [3.05, 3.63) is 0 Å². The summed E-state index contributed by atoms with van der Waals surface area (Å²) >= 11 is 0. The zero-order valence-electron chi connectivity index (χ0n) is 7.08. The molecule has 1 aliphatic carbocycles. The second kappa shape index (κ2) is 2.47. The van der Waals surface area contributed by atoms with Gasteiger partial charge in [-0.3, -0.25) is 0 Å². The van der Waals surface area contributed by atoms with E-state index in [2.05, 4.69) is 9.98 Å². The molecule has 0 bridgehead atoms. The third-order valence-corrected chi connectivity index (χ3v) is 2.72. The number of rotatable bonds is 0. The highest BCUT2D eigenvalue weighted by Gasteiger charge is 2.39. The van der Waals surface area contributed by atoms with Crippen molar-refractivity contribution in [3.8, 4) is 0 Å². The number of hydrogen-bond acceptors (Lipinski definition) is 4. The van der Waals surface area contributed by atoms with Crippen LogP contribution in [0.2, 0.25) is 0 Å². The summed E-state index contributed by atoms with van der Waals surface area (Å²) in [5, 5.41) is 0. The molecule has 1 saturated carbocycles. The zero-order valence-corrected chi connectivity index (χ0v) is 7.08. The van der Waals surface area contributed by atoms with Crippen molar-refractivity contribution in [1.82, 2.24) is 0 Å². The lowest BCUT2D eigenvalue weighted by Crippen LogP contribution is -2.41. The average Bonchev–Trinajstić information content (AvgIpc) is 2.29. The Morgan fingerprint density at radius 2 is 1.75 bits per heavy atom. The summed E-state index contributed by atoms with van der Waals surface area (Å²) in [5.41, 5.74) is 11.1. The summed E-state index contributed by atoms with van der Waals surface area (Å²) < 4.78 is 0. The Morgan fingerprint density at radius 1 is 1.08 bits per heavy atom. The van der Waals surface area contributed by atoms with Gasteiger partial charge >= 0.3 is 0 Å². The van der Waals surface area contributed by atoms with Gasteiger partial charge < -0.3 is 11.5 Å². The van der Waals surface area contributed by atoms with E-state index < -0.39 is 0 Å². The average molecular weight is 166 g/mol. The summed E-state index contributed by atoms with van der Waals surface area (Å²) in [6.45, 7) is 0. The van der Waals surface area contributed by atoms with E-state index in [1.807, 2.05) is 0 Å². The number of amidine groups is 1. The summed E-state index contributed by atoms with van der Waals surface area (Å²) in [7, 11) is 0. The molecule has 2 rings (SSSR count). The Labute approximate surface area is 71.8 Å². The number of hydrogen-bond donors (Lipinski definition) is 2. The monoisotopic (exact) mass is 166 g/mol. The first-order chi connectivity index (χ1) is 5.73. The van der Waals surface area contributed by atoms with Crippen molar-refractivity contribution in [3.63, 3.8) is 0 Å². The number of aliphatic imine (C=N–C) groups is 2.